The molecule has 2 aliphatic rings. The van der Waals surface area contributed by atoms with Crippen LogP contribution in [0.4, 0.5) is 0 Å². The molecule has 2 saturated heterocycles. The molecule has 0 radical (unpaired) electrons. The number of amides is 1. The van der Waals surface area contributed by atoms with E-state index < -0.39 is 10.0 Å². The topological polar surface area (TPSA) is 75.5 Å². The fourth-order valence-electron chi connectivity index (χ4n) is 4.27. The summed E-state index contributed by atoms with van der Waals surface area (Å²) in [6.45, 7) is 2.74. The van der Waals surface area contributed by atoms with Crippen molar-refractivity contribution in [1.29, 1.82) is 0 Å². The highest BCUT2D eigenvalue weighted by atomic mass is 32.2. The molecule has 8 heteroatoms. The van der Waals surface area contributed by atoms with E-state index in [4.69, 9.17) is 0 Å². The van der Waals surface area contributed by atoms with E-state index in [1.807, 2.05) is 41.3 Å². The SMILES string of the molecule is CCS(=O)(=O)N1CC[C@H]2[C@@H]1CCN2C(=O)c1cc(-c2ccccc2)nn1C. The van der Waals surface area contributed by atoms with E-state index in [-0.39, 0.29) is 23.7 Å². The Kier molecular flexibility index (Phi) is 4.55. The predicted molar refractivity (Wildman–Crippen MR) is 103 cm³/mol. The number of fused-ring (bicyclic) bond motifs is 1. The summed E-state index contributed by atoms with van der Waals surface area (Å²) in [5.41, 5.74) is 2.26. The first-order valence-electron chi connectivity index (χ1n) is 9.32. The molecule has 2 aliphatic heterocycles. The first-order valence-corrected chi connectivity index (χ1v) is 10.9. The molecule has 2 aromatic rings. The van der Waals surface area contributed by atoms with Crippen molar-refractivity contribution < 1.29 is 13.2 Å². The molecule has 7 nitrogen and oxygen atoms in total. The summed E-state index contributed by atoms with van der Waals surface area (Å²) in [5.74, 6) is 0.0298. The van der Waals surface area contributed by atoms with Crippen LogP contribution in [0, 0.1) is 0 Å². The summed E-state index contributed by atoms with van der Waals surface area (Å²) in [6, 6.07) is 11.4. The number of sulfonamides is 1. The van der Waals surface area contributed by atoms with E-state index in [1.165, 1.54) is 0 Å². The molecule has 1 amide bonds. The van der Waals surface area contributed by atoms with E-state index in [9.17, 15) is 13.2 Å². The van der Waals surface area contributed by atoms with Crippen molar-refractivity contribution in [3.63, 3.8) is 0 Å². The molecule has 144 valence electrons. The Bertz CT molecular complexity index is 955. The lowest BCUT2D eigenvalue weighted by atomic mass is 10.1. The molecule has 2 fully saturated rings. The molecule has 0 saturated carbocycles. The van der Waals surface area contributed by atoms with E-state index in [2.05, 4.69) is 5.10 Å². The average Bonchev–Trinajstić information content (AvgIpc) is 3.36. The molecule has 0 bridgehead atoms. The second kappa shape index (κ2) is 6.76. The van der Waals surface area contributed by atoms with Crippen LogP contribution in [0.15, 0.2) is 36.4 Å². The summed E-state index contributed by atoms with van der Waals surface area (Å²) in [5, 5.41) is 4.49. The van der Waals surface area contributed by atoms with Gasteiger partial charge < -0.3 is 4.90 Å². The molecule has 0 spiro atoms. The summed E-state index contributed by atoms with van der Waals surface area (Å²) in [7, 11) is -1.45. The maximum absolute atomic E-state index is 13.2. The Morgan fingerprint density at radius 2 is 1.85 bits per heavy atom. The van der Waals surface area contributed by atoms with Crippen molar-refractivity contribution in [3.05, 3.63) is 42.1 Å². The number of carbonyl (C=O) groups excluding carboxylic acids is 1. The van der Waals surface area contributed by atoms with Crippen molar-refractivity contribution in [2.24, 2.45) is 7.05 Å². The van der Waals surface area contributed by atoms with Gasteiger partial charge in [0.05, 0.1) is 17.5 Å². The van der Waals surface area contributed by atoms with Gasteiger partial charge in [-0.3, -0.25) is 9.48 Å². The third-order valence-corrected chi connectivity index (χ3v) is 7.57. The van der Waals surface area contributed by atoms with Gasteiger partial charge in [0.1, 0.15) is 5.69 Å². The Balaban J connectivity index is 1.57. The van der Waals surface area contributed by atoms with Gasteiger partial charge in [0.25, 0.3) is 5.91 Å². The minimum Gasteiger partial charge on any atom is -0.333 e. The highest BCUT2D eigenvalue weighted by molar-refractivity contribution is 7.89. The Hall–Kier alpha value is -2.19. The summed E-state index contributed by atoms with van der Waals surface area (Å²) in [4.78, 5) is 15.0. The van der Waals surface area contributed by atoms with Crippen LogP contribution in [-0.4, -0.2) is 64.2 Å². The largest absolute Gasteiger partial charge is 0.333 e. The molecule has 0 aliphatic carbocycles. The first-order chi connectivity index (χ1) is 12.9. The lowest BCUT2D eigenvalue weighted by molar-refractivity contribution is 0.0724. The molecule has 1 aromatic heterocycles. The fraction of sp³-hybridized carbons (Fsp3) is 0.474. The van der Waals surface area contributed by atoms with Crippen molar-refractivity contribution in [1.82, 2.24) is 19.0 Å². The van der Waals surface area contributed by atoms with Gasteiger partial charge >= 0.3 is 0 Å². The van der Waals surface area contributed by atoms with E-state index in [0.29, 0.717) is 31.6 Å². The second-order valence-corrected chi connectivity index (χ2v) is 9.34. The minimum absolute atomic E-state index is 0.0473. The number of nitrogens with zero attached hydrogens (tertiary/aromatic N) is 4. The van der Waals surface area contributed by atoms with Crippen LogP contribution in [0.25, 0.3) is 11.3 Å². The number of hydrogen-bond acceptors (Lipinski definition) is 4. The zero-order valence-corrected chi connectivity index (χ0v) is 16.4. The first kappa shape index (κ1) is 18.2. The van der Waals surface area contributed by atoms with Crippen molar-refractivity contribution in [2.45, 2.75) is 31.8 Å². The fourth-order valence-corrected chi connectivity index (χ4v) is 5.65. The lowest BCUT2D eigenvalue weighted by Gasteiger charge is -2.25. The van der Waals surface area contributed by atoms with E-state index >= 15 is 0 Å². The standard InChI is InChI=1S/C19H24N4O3S/c1-3-27(25,26)23-12-10-16-17(23)9-11-22(16)19(24)18-13-15(20-21(18)2)14-7-5-4-6-8-14/h4-8,13,16-17H,3,9-12H2,1-2H3/t16-,17-/m0/s1. The number of benzene rings is 1. The number of rotatable bonds is 4. The highest BCUT2D eigenvalue weighted by Gasteiger charge is 2.48. The minimum atomic E-state index is -3.23. The van der Waals surface area contributed by atoms with Gasteiger partial charge in [-0.05, 0) is 25.8 Å². The van der Waals surface area contributed by atoms with E-state index in [1.54, 1.807) is 23.0 Å². The molecule has 27 heavy (non-hydrogen) atoms. The highest BCUT2D eigenvalue weighted by Crippen LogP contribution is 2.34. The van der Waals surface area contributed by atoms with Crippen LogP contribution in [0.2, 0.25) is 0 Å². The van der Waals surface area contributed by atoms with Crippen LogP contribution >= 0.6 is 0 Å². The molecule has 1 aromatic carbocycles. The normalized spacial score (nSPS) is 23.0. The number of likely N-dealkylation sites (tertiary alicyclic amines) is 1. The number of aryl methyl sites for hydroxylation is 1. The number of aromatic nitrogens is 2. The molecule has 0 unspecified atom stereocenters. The van der Waals surface area contributed by atoms with Gasteiger partial charge in [0.2, 0.25) is 10.0 Å². The smallest absolute Gasteiger partial charge is 0.272 e. The molecule has 2 atom stereocenters. The third kappa shape index (κ3) is 3.06. The van der Waals surface area contributed by atoms with Gasteiger partial charge in [-0.1, -0.05) is 30.3 Å². The molecule has 0 N–H and O–H groups in total. The summed E-state index contributed by atoms with van der Waals surface area (Å²) >= 11 is 0. The maximum atomic E-state index is 13.2. The third-order valence-electron chi connectivity index (χ3n) is 5.68. The maximum Gasteiger partial charge on any atom is 0.272 e. The van der Waals surface area contributed by atoms with Gasteiger partial charge in [-0.15, -0.1) is 0 Å². The van der Waals surface area contributed by atoms with Gasteiger partial charge in [-0.25, -0.2) is 8.42 Å². The zero-order chi connectivity index (χ0) is 19.2. The van der Waals surface area contributed by atoms with Crippen molar-refractivity contribution in [2.75, 3.05) is 18.8 Å². The summed E-state index contributed by atoms with van der Waals surface area (Å²) < 4.78 is 27.8. The van der Waals surface area contributed by atoms with Crippen LogP contribution in [-0.2, 0) is 17.1 Å². The van der Waals surface area contributed by atoms with Crippen LogP contribution in [0.3, 0.4) is 0 Å². The predicted octanol–water partition coefficient (Wildman–Crippen LogP) is 1.73. The van der Waals surface area contributed by atoms with E-state index in [0.717, 1.165) is 11.3 Å². The van der Waals surface area contributed by atoms with Gasteiger partial charge in [-0.2, -0.15) is 9.40 Å². The number of carbonyl (C=O) groups is 1. The second-order valence-electron chi connectivity index (χ2n) is 7.13. The van der Waals surface area contributed by atoms with Crippen molar-refractivity contribution in [3.8, 4) is 11.3 Å². The van der Waals surface area contributed by atoms with Crippen LogP contribution in [0.1, 0.15) is 30.3 Å². The Labute approximate surface area is 159 Å². The monoisotopic (exact) mass is 388 g/mol. The summed E-state index contributed by atoms with van der Waals surface area (Å²) in [6.07, 6.45) is 1.39. The van der Waals surface area contributed by atoms with Crippen LogP contribution in [0.5, 0.6) is 0 Å². The van der Waals surface area contributed by atoms with Gasteiger partial charge in [0.15, 0.2) is 0 Å². The number of hydrogen-bond donors (Lipinski definition) is 0. The molecule has 4 rings (SSSR count). The van der Waals surface area contributed by atoms with Gasteiger partial charge in [0, 0.05) is 31.7 Å². The molecular formula is C19H24N4O3S. The molecule has 3 heterocycles. The lowest BCUT2D eigenvalue weighted by Crippen LogP contribution is -2.42. The zero-order valence-electron chi connectivity index (χ0n) is 15.6. The molecular weight excluding hydrogens is 364 g/mol. The quantitative estimate of drug-likeness (QED) is 0.799. The Morgan fingerprint density at radius 3 is 2.56 bits per heavy atom. The Morgan fingerprint density at radius 1 is 1.15 bits per heavy atom. The average molecular weight is 388 g/mol. The van der Waals surface area contributed by atoms with Crippen LogP contribution < -0.4 is 0 Å². The van der Waals surface area contributed by atoms with Crippen molar-refractivity contribution >= 4 is 15.9 Å².